The molecular formula is C63H37N5O2. The first kappa shape index (κ1) is 38.5. The van der Waals surface area contributed by atoms with Crippen molar-refractivity contribution < 1.29 is 8.83 Å². The number of fused-ring (bicyclic) bond motifs is 12. The minimum absolute atomic E-state index is 0.526. The first-order chi connectivity index (χ1) is 34.7. The monoisotopic (exact) mass is 895 g/mol. The first-order valence-electron chi connectivity index (χ1n) is 23.5. The summed E-state index contributed by atoms with van der Waals surface area (Å²) < 4.78 is 17.7. The van der Waals surface area contributed by atoms with Crippen LogP contribution >= 0.6 is 0 Å². The van der Waals surface area contributed by atoms with Crippen molar-refractivity contribution >= 4 is 87.5 Å². The molecule has 70 heavy (non-hydrogen) atoms. The zero-order valence-electron chi connectivity index (χ0n) is 37.4. The predicted molar refractivity (Wildman–Crippen MR) is 285 cm³/mol. The van der Waals surface area contributed by atoms with Crippen molar-refractivity contribution in [2.45, 2.75) is 0 Å². The standard InChI is InChI=1S/C63H37N5O2/c1-4-15-38(16-5-1)61-64-62(39-17-6-2-7-18-39)66-63(65-61)68-54-30-27-40(33-48(54)49-36-50-46-22-11-13-25-56(46)70-59(50)37-55(49)68)41-29-32-57-51(34-41)60-44(23-14-26-58(60)69-57)42-28-31-53-47(35-42)45-21-10-12-24-52(45)67(53)43-19-8-3-9-20-43/h1-37H. The quantitative estimate of drug-likeness (QED) is 0.166. The van der Waals surface area contributed by atoms with Crippen LogP contribution in [0, 0.1) is 0 Å². The first-order valence-corrected chi connectivity index (χ1v) is 23.5. The highest BCUT2D eigenvalue weighted by Crippen LogP contribution is 2.43. The van der Waals surface area contributed by atoms with Gasteiger partial charge in [0.15, 0.2) is 11.6 Å². The van der Waals surface area contributed by atoms with Crippen molar-refractivity contribution in [3.05, 3.63) is 224 Å². The van der Waals surface area contributed by atoms with E-state index in [1.807, 2.05) is 72.8 Å². The molecule has 0 aliphatic carbocycles. The van der Waals surface area contributed by atoms with Gasteiger partial charge in [0, 0.05) is 66.0 Å². The van der Waals surface area contributed by atoms with Gasteiger partial charge in [-0.2, -0.15) is 9.97 Å². The molecule has 10 aromatic carbocycles. The lowest BCUT2D eigenvalue weighted by Crippen LogP contribution is -2.06. The maximum Gasteiger partial charge on any atom is 0.238 e. The van der Waals surface area contributed by atoms with Gasteiger partial charge in [-0.15, -0.1) is 0 Å². The van der Waals surface area contributed by atoms with Gasteiger partial charge in [-0.1, -0.05) is 146 Å². The van der Waals surface area contributed by atoms with Crippen LogP contribution in [0.25, 0.3) is 144 Å². The number of nitrogens with zero attached hydrogens (tertiary/aromatic N) is 5. The summed E-state index contributed by atoms with van der Waals surface area (Å²) in [7, 11) is 0. The van der Waals surface area contributed by atoms with Crippen molar-refractivity contribution in [2.24, 2.45) is 0 Å². The Bertz CT molecular complexity index is 4530. The summed E-state index contributed by atoms with van der Waals surface area (Å²) in [6, 6.07) is 78.7. The van der Waals surface area contributed by atoms with Crippen LogP contribution in [0.3, 0.4) is 0 Å². The van der Waals surface area contributed by atoms with Crippen LogP contribution in [0.15, 0.2) is 233 Å². The molecule has 7 nitrogen and oxygen atoms in total. The topological polar surface area (TPSA) is 74.8 Å². The smallest absolute Gasteiger partial charge is 0.238 e. The third kappa shape index (κ3) is 5.85. The second-order valence-electron chi connectivity index (χ2n) is 18.0. The van der Waals surface area contributed by atoms with Gasteiger partial charge < -0.3 is 13.4 Å². The van der Waals surface area contributed by atoms with Gasteiger partial charge in [0.2, 0.25) is 5.95 Å². The van der Waals surface area contributed by atoms with E-state index in [9.17, 15) is 0 Å². The van der Waals surface area contributed by atoms with E-state index in [0.29, 0.717) is 17.6 Å². The number of para-hydroxylation sites is 3. The summed E-state index contributed by atoms with van der Waals surface area (Å²) in [4.78, 5) is 15.4. The summed E-state index contributed by atoms with van der Waals surface area (Å²) in [6.45, 7) is 0. The van der Waals surface area contributed by atoms with Crippen LogP contribution in [0.5, 0.6) is 0 Å². The van der Waals surface area contributed by atoms with E-state index in [1.165, 1.54) is 21.8 Å². The number of rotatable bonds is 6. The maximum absolute atomic E-state index is 6.62. The molecule has 15 aromatic rings. The zero-order chi connectivity index (χ0) is 45.9. The molecule has 7 heteroatoms. The van der Waals surface area contributed by atoms with Gasteiger partial charge in [-0.05, 0) is 95.1 Å². The van der Waals surface area contributed by atoms with Crippen LogP contribution < -0.4 is 0 Å². The molecule has 0 aliphatic rings. The van der Waals surface area contributed by atoms with Crippen LogP contribution in [0.1, 0.15) is 0 Å². The minimum Gasteiger partial charge on any atom is -0.456 e. The molecule has 326 valence electrons. The van der Waals surface area contributed by atoms with Gasteiger partial charge in [-0.25, -0.2) is 4.98 Å². The molecule has 0 N–H and O–H groups in total. The Kier molecular flexibility index (Phi) is 8.23. The number of hydrogen-bond acceptors (Lipinski definition) is 5. The summed E-state index contributed by atoms with van der Waals surface area (Å²) >= 11 is 0. The number of aromatic nitrogens is 5. The fourth-order valence-electron chi connectivity index (χ4n) is 10.8. The average molecular weight is 896 g/mol. The van der Waals surface area contributed by atoms with Crippen molar-refractivity contribution in [3.63, 3.8) is 0 Å². The van der Waals surface area contributed by atoms with Gasteiger partial charge in [-0.3, -0.25) is 4.57 Å². The Hall–Kier alpha value is -9.59. The van der Waals surface area contributed by atoms with E-state index in [-0.39, 0.29) is 0 Å². The molecule has 5 heterocycles. The van der Waals surface area contributed by atoms with E-state index in [4.69, 9.17) is 23.8 Å². The highest BCUT2D eigenvalue weighted by atomic mass is 16.3. The van der Waals surface area contributed by atoms with E-state index in [0.717, 1.165) is 105 Å². The second kappa shape index (κ2) is 15.0. The zero-order valence-corrected chi connectivity index (χ0v) is 37.4. The Balaban J connectivity index is 0.930. The van der Waals surface area contributed by atoms with Crippen LogP contribution in [-0.4, -0.2) is 24.1 Å². The largest absolute Gasteiger partial charge is 0.456 e. The molecular weight excluding hydrogens is 859 g/mol. The summed E-state index contributed by atoms with van der Waals surface area (Å²) in [5, 5.41) is 8.86. The maximum atomic E-state index is 6.62. The van der Waals surface area contributed by atoms with Gasteiger partial charge in [0.05, 0.1) is 22.1 Å². The highest BCUT2D eigenvalue weighted by molar-refractivity contribution is 6.19. The van der Waals surface area contributed by atoms with E-state index < -0.39 is 0 Å². The van der Waals surface area contributed by atoms with Crippen LogP contribution in [-0.2, 0) is 0 Å². The molecule has 0 atom stereocenters. The lowest BCUT2D eigenvalue weighted by atomic mass is 9.96. The molecule has 0 fully saturated rings. The molecule has 0 saturated heterocycles. The van der Waals surface area contributed by atoms with E-state index in [2.05, 4.69) is 161 Å². The predicted octanol–water partition coefficient (Wildman–Crippen LogP) is 16.5. The van der Waals surface area contributed by atoms with Crippen molar-refractivity contribution in [2.75, 3.05) is 0 Å². The third-order valence-corrected chi connectivity index (χ3v) is 14.0. The van der Waals surface area contributed by atoms with Gasteiger partial charge >= 0.3 is 0 Å². The molecule has 0 spiro atoms. The number of hydrogen-bond donors (Lipinski definition) is 0. The second-order valence-corrected chi connectivity index (χ2v) is 18.0. The summed E-state index contributed by atoms with van der Waals surface area (Å²) in [6.07, 6.45) is 0. The van der Waals surface area contributed by atoms with Crippen LogP contribution in [0.2, 0.25) is 0 Å². The molecule has 15 rings (SSSR count). The normalized spacial score (nSPS) is 12.0. The van der Waals surface area contributed by atoms with Gasteiger partial charge in [0.25, 0.3) is 0 Å². The highest BCUT2D eigenvalue weighted by Gasteiger charge is 2.22. The molecule has 0 unspecified atom stereocenters. The van der Waals surface area contributed by atoms with E-state index >= 15 is 0 Å². The van der Waals surface area contributed by atoms with Crippen molar-refractivity contribution in [1.29, 1.82) is 0 Å². The van der Waals surface area contributed by atoms with Crippen molar-refractivity contribution in [1.82, 2.24) is 24.1 Å². The third-order valence-electron chi connectivity index (χ3n) is 14.0. The van der Waals surface area contributed by atoms with E-state index in [1.54, 1.807) is 0 Å². The molecule has 0 amide bonds. The fraction of sp³-hybridized carbons (Fsp3) is 0. The average Bonchev–Trinajstić information content (AvgIpc) is 4.17. The molecule has 0 radical (unpaired) electrons. The fourth-order valence-corrected chi connectivity index (χ4v) is 10.8. The Morgan fingerprint density at radius 1 is 0.286 bits per heavy atom. The van der Waals surface area contributed by atoms with Gasteiger partial charge in [0.1, 0.15) is 22.3 Å². The minimum atomic E-state index is 0.526. The molecule has 0 aliphatic heterocycles. The Labute approximate surface area is 399 Å². The number of benzene rings is 10. The van der Waals surface area contributed by atoms with Crippen LogP contribution in [0.4, 0.5) is 0 Å². The SMILES string of the molecule is c1ccc(-c2nc(-c3ccccc3)nc(-n3c4ccc(-c5ccc6oc7cccc(-c8ccc9c(c8)c8ccccc8n9-c8ccccc8)c7c6c5)cc4c4cc5c(cc43)oc3ccccc35)n2)cc1. The molecule has 0 saturated carbocycles. The summed E-state index contributed by atoms with van der Waals surface area (Å²) in [5.74, 6) is 1.72. The Morgan fingerprint density at radius 3 is 1.60 bits per heavy atom. The molecule has 0 bridgehead atoms. The molecule has 5 aromatic heterocycles. The lowest BCUT2D eigenvalue weighted by molar-refractivity contribution is 0.668. The van der Waals surface area contributed by atoms with Crippen molar-refractivity contribution in [3.8, 4) is 56.7 Å². The summed E-state index contributed by atoms with van der Waals surface area (Å²) in [5.41, 5.74) is 15.0. The Morgan fingerprint density at radius 2 is 0.829 bits per heavy atom. The number of furan rings is 2. The lowest BCUT2D eigenvalue weighted by Gasteiger charge is -2.11.